The fourth-order valence-electron chi connectivity index (χ4n) is 2.22. The minimum absolute atomic E-state index is 0.0580. The summed E-state index contributed by atoms with van der Waals surface area (Å²) in [7, 11) is 4.09. The normalized spacial score (nSPS) is 12.0. The molecule has 0 aliphatic heterocycles. The number of ether oxygens (including phenoxy) is 4. The molecule has 0 bridgehead atoms. The van der Waals surface area contributed by atoms with E-state index in [2.05, 4.69) is 18.9 Å². The van der Waals surface area contributed by atoms with E-state index in [0.29, 0.717) is 12.8 Å². The Balaban J connectivity index is 6.25. The van der Waals surface area contributed by atoms with Crippen molar-refractivity contribution in [3.63, 3.8) is 0 Å². The van der Waals surface area contributed by atoms with Gasteiger partial charge in [0.25, 0.3) is 5.41 Å². The summed E-state index contributed by atoms with van der Waals surface area (Å²) in [6.07, 6.45) is 1.21. The van der Waals surface area contributed by atoms with E-state index < -0.39 is 35.2 Å². The zero-order chi connectivity index (χ0) is 17.3. The largest absolute Gasteiger partial charge is 0.469 e. The second-order valence-corrected chi connectivity index (χ2v) is 4.50. The van der Waals surface area contributed by atoms with Crippen LogP contribution in [0.5, 0.6) is 0 Å². The molecule has 1 unspecified atom stereocenters. The third-order valence-corrected chi connectivity index (χ3v) is 3.38. The van der Waals surface area contributed by atoms with Crippen molar-refractivity contribution in [1.82, 2.24) is 0 Å². The van der Waals surface area contributed by atoms with Crippen LogP contribution in [-0.2, 0) is 38.1 Å². The minimum atomic E-state index is -2.54. The molecular weight excluding hydrogens is 296 g/mol. The number of carbonyl (C=O) groups excluding carboxylic acids is 4. The highest BCUT2D eigenvalue weighted by molar-refractivity contribution is 6.20. The molecule has 0 aromatic carbocycles. The lowest BCUT2D eigenvalue weighted by atomic mass is 9.72. The van der Waals surface area contributed by atoms with Gasteiger partial charge in [0.05, 0.1) is 34.4 Å². The number of esters is 4. The van der Waals surface area contributed by atoms with Gasteiger partial charge in [0, 0.05) is 0 Å². The number of methoxy groups -OCH3 is 4. The minimum Gasteiger partial charge on any atom is -0.469 e. The smallest absolute Gasteiger partial charge is 0.335 e. The molecule has 8 heteroatoms. The van der Waals surface area contributed by atoms with Gasteiger partial charge in [-0.3, -0.25) is 19.2 Å². The van der Waals surface area contributed by atoms with Crippen molar-refractivity contribution in [3.8, 4) is 0 Å². The maximum absolute atomic E-state index is 12.2. The van der Waals surface area contributed by atoms with Gasteiger partial charge in [-0.1, -0.05) is 19.8 Å². The van der Waals surface area contributed by atoms with Crippen molar-refractivity contribution in [1.29, 1.82) is 0 Å². The van der Waals surface area contributed by atoms with E-state index >= 15 is 0 Å². The van der Waals surface area contributed by atoms with E-state index in [1.54, 1.807) is 0 Å². The predicted molar refractivity (Wildman–Crippen MR) is 73.5 cm³/mol. The number of rotatable bonds is 8. The second kappa shape index (κ2) is 9.01. The molecule has 22 heavy (non-hydrogen) atoms. The summed E-state index contributed by atoms with van der Waals surface area (Å²) < 4.78 is 18.3. The van der Waals surface area contributed by atoms with Gasteiger partial charge in [-0.15, -0.1) is 0 Å². The summed E-state index contributed by atoms with van der Waals surface area (Å²) in [6.45, 7) is 1.85. The van der Waals surface area contributed by atoms with Crippen LogP contribution >= 0.6 is 0 Å². The van der Waals surface area contributed by atoms with Gasteiger partial charge in [-0.2, -0.15) is 0 Å². The zero-order valence-corrected chi connectivity index (χ0v) is 13.5. The van der Waals surface area contributed by atoms with E-state index in [9.17, 15) is 19.2 Å². The van der Waals surface area contributed by atoms with Crippen LogP contribution in [0, 0.1) is 11.3 Å². The quantitative estimate of drug-likeness (QED) is 0.361. The fourth-order valence-corrected chi connectivity index (χ4v) is 2.22. The first-order valence-corrected chi connectivity index (χ1v) is 6.71. The Hall–Kier alpha value is -2.12. The van der Waals surface area contributed by atoms with E-state index in [0.717, 1.165) is 28.4 Å². The highest BCUT2D eigenvalue weighted by atomic mass is 16.6. The first kappa shape index (κ1) is 19.9. The SMILES string of the molecule is CCCCC(C(=O)OC)C(C(=O)OC)(C(=O)OC)C(=O)OC. The van der Waals surface area contributed by atoms with Crippen molar-refractivity contribution in [2.45, 2.75) is 26.2 Å². The first-order valence-electron chi connectivity index (χ1n) is 6.71. The molecule has 0 fully saturated rings. The Kier molecular flexibility index (Phi) is 8.14. The lowest BCUT2D eigenvalue weighted by Crippen LogP contribution is -2.56. The van der Waals surface area contributed by atoms with Gasteiger partial charge in [-0.05, 0) is 6.42 Å². The van der Waals surface area contributed by atoms with Crippen LogP contribution in [0.2, 0.25) is 0 Å². The van der Waals surface area contributed by atoms with Gasteiger partial charge in [0.1, 0.15) is 0 Å². The molecule has 0 aromatic rings. The third-order valence-electron chi connectivity index (χ3n) is 3.38. The van der Waals surface area contributed by atoms with Crippen LogP contribution in [0.1, 0.15) is 26.2 Å². The second-order valence-electron chi connectivity index (χ2n) is 4.50. The van der Waals surface area contributed by atoms with Crippen molar-refractivity contribution < 1.29 is 38.1 Å². The van der Waals surface area contributed by atoms with Crippen LogP contribution in [0.25, 0.3) is 0 Å². The van der Waals surface area contributed by atoms with Crippen molar-refractivity contribution in [2.24, 2.45) is 11.3 Å². The monoisotopic (exact) mass is 318 g/mol. The molecule has 0 aliphatic rings. The number of hydrogen-bond acceptors (Lipinski definition) is 8. The maximum Gasteiger partial charge on any atom is 0.335 e. The van der Waals surface area contributed by atoms with Crippen LogP contribution in [0.15, 0.2) is 0 Å². The van der Waals surface area contributed by atoms with Gasteiger partial charge >= 0.3 is 23.9 Å². The van der Waals surface area contributed by atoms with Crippen LogP contribution in [0.3, 0.4) is 0 Å². The van der Waals surface area contributed by atoms with E-state index in [1.807, 2.05) is 6.92 Å². The Labute approximate surface area is 129 Å². The highest BCUT2D eigenvalue weighted by Gasteiger charge is 2.64. The highest BCUT2D eigenvalue weighted by Crippen LogP contribution is 2.37. The van der Waals surface area contributed by atoms with E-state index in [-0.39, 0.29) is 6.42 Å². The molecule has 0 aliphatic carbocycles. The van der Waals surface area contributed by atoms with E-state index in [1.165, 1.54) is 0 Å². The molecule has 0 heterocycles. The molecule has 0 spiro atoms. The van der Waals surface area contributed by atoms with Crippen LogP contribution in [0.4, 0.5) is 0 Å². The first-order chi connectivity index (χ1) is 10.4. The molecule has 1 atom stereocenters. The molecule has 0 aromatic heterocycles. The fraction of sp³-hybridized carbons (Fsp3) is 0.714. The average Bonchev–Trinajstić information content (AvgIpc) is 2.55. The van der Waals surface area contributed by atoms with E-state index in [4.69, 9.17) is 0 Å². The van der Waals surface area contributed by atoms with Crippen molar-refractivity contribution in [2.75, 3.05) is 28.4 Å². The lowest BCUT2D eigenvalue weighted by Gasteiger charge is -2.31. The van der Waals surface area contributed by atoms with Crippen LogP contribution in [-0.4, -0.2) is 52.3 Å². The van der Waals surface area contributed by atoms with Gasteiger partial charge in [0.15, 0.2) is 0 Å². The Morgan fingerprint density at radius 1 is 0.818 bits per heavy atom. The topological polar surface area (TPSA) is 105 Å². The Bertz CT molecular complexity index is 388. The molecule has 126 valence electrons. The summed E-state index contributed by atoms with van der Waals surface area (Å²) in [5.74, 6) is -5.97. The average molecular weight is 318 g/mol. The zero-order valence-electron chi connectivity index (χ0n) is 13.5. The number of carbonyl (C=O) groups is 4. The summed E-state index contributed by atoms with van der Waals surface area (Å²) >= 11 is 0. The summed E-state index contributed by atoms with van der Waals surface area (Å²) in [5, 5.41) is 0. The summed E-state index contributed by atoms with van der Waals surface area (Å²) in [6, 6.07) is 0. The summed E-state index contributed by atoms with van der Waals surface area (Å²) in [5.41, 5.74) is -2.54. The molecular formula is C14H22O8. The Morgan fingerprint density at radius 2 is 1.23 bits per heavy atom. The maximum atomic E-state index is 12.2. The van der Waals surface area contributed by atoms with Gasteiger partial charge in [0.2, 0.25) is 0 Å². The predicted octanol–water partition coefficient (Wildman–Crippen LogP) is 0.471. The number of unbranched alkanes of at least 4 members (excludes halogenated alkanes) is 1. The molecule has 0 saturated heterocycles. The Morgan fingerprint density at radius 3 is 1.50 bits per heavy atom. The molecule has 0 radical (unpaired) electrons. The van der Waals surface area contributed by atoms with Crippen molar-refractivity contribution >= 4 is 23.9 Å². The molecule has 0 saturated carbocycles. The molecule has 0 rings (SSSR count). The molecule has 0 amide bonds. The lowest BCUT2D eigenvalue weighted by molar-refractivity contribution is -0.191. The summed E-state index contributed by atoms with van der Waals surface area (Å²) in [4.78, 5) is 48.8. The standard InChI is InChI=1S/C14H22O8/c1-6-7-8-9(10(15)19-2)14(11(16)20-3,12(17)21-4)13(18)22-5/h9H,6-8H2,1-5H3. The molecule has 8 nitrogen and oxygen atoms in total. The van der Waals surface area contributed by atoms with Gasteiger partial charge < -0.3 is 18.9 Å². The molecule has 0 N–H and O–H groups in total. The van der Waals surface area contributed by atoms with Crippen molar-refractivity contribution in [3.05, 3.63) is 0 Å². The third kappa shape index (κ3) is 3.55. The van der Waals surface area contributed by atoms with Crippen LogP contribution < -0.4 is 0 Å². The van der Waals surface area contributed by atoms with Gasteiger partial charge in [-0.25, -0.2) is 0 Å². The number of hydrogen-bond donors (Lipinski definition) is 0.